The Morgan fingerprint density at radius 1 is 1.32 bits per heavy atom. The van der Waals surface area contributed by atoms with Crippen LogP contribution < -0.4 is 5.32 Å². The van der Waals surface area contributed by atoms with E-state index in [1.807, 2.05) is 37.3 Å². The number of nitrogens with one attached hydrogen (secondary N) is 1. The molecule has 1 heterocycles. The summed E-state index contributed by atoms with van der Waals surface area (Å²) in [5.41, 5.74) is 1.48. The number of amides is 1. The van der Waals surface area contributed by atoms with Gasteiger partial charge in [-0.1, -0.05) is 37.3 Å². The van der Waals surface area contributed by atoms with Crippen LogP contribution in [0.5, 0.6) is 0 Å². The predicted molar refractivity (Wildman–Crippen MR) is 81.4 cm³/mol. The Hall–Kier alpha value is -2.63. The SMILES string of the molecule is CCC(NC(=O)c1cnn(CCC(=O)O)c1)c1ccccc1. The number of hydrogen-bond acceptors (Lipinski definition) is 3. The van der Waals surface area contributed by atoms with Crippen LogP contribution in [0.15, 0.2) is 42.7 Å². The van der Waals surface area contributed by atoms with Gasteiger partial charge in [-0.2, -0.15) is 5.10 Å². The highest BCUT2D eigenvalue weighted by Crippen LogP contribution is 2.16. The fourth-order valence-electron chi connectivity index (χ4n) is 2.16. The van der Waals surface area contributed by atoms with Crippen molar-refractivity contribution in [1.82, 2.24) is 15.1 Å². The lowest BCUT2D eigenvalue weighted by Gasteiger charge is -2.16. The van der Waals surface area contributed by atoms with Gasteiger partial charge in [-0.25, -0.2) is 0 Å². The Kier molecular flexibility index (Phi) is 5.30. The van der Waals surface area contributed by atoms with Crippen molar-refractivity contribution in [3.63, 3.8) is 0 Å². The average molecular weight is 301 g/mol. The first-order valence-electron chi connectivity index (χ1n) is 7.20. The fraction of sp³-hybridized carbons (Fsp3) is 0.312. The lowest BCUT2D eigenvalue weighted by Crippen LogP contribution is -2.27. The van der Waals surface area contributed by atoms with Crippen LogP contribution in [0.25, 0.3) is 0 Å². The van der Waals surface area contributed by atoms with Gasteiger partial charge in [-0.05, 0) is 12.0 Å². The summed E-state index contributed by atoms with van der Waals surface area (Å²) >= 11 is 0. The number of carboxylic acids is 1. The number of nitrogens with zero attached hydrogens (tertiary/aromatic N) is 2. The van der Waals surface area contributed by atoms with E-state index in [1.165, 1.54) is 10.9 Å². The molecule has 0 aliphatic rings. The first kappa shape index (κ1) is 15.8. The molecular weight excluding hydrogens is 282 g/mol. The molecule has 0 fully saturated rings. The third-order valence-electron chi connectivity index (χ3n) is 3.37. The zero-order chi connectivity index (χ0) is 15.9. The summed E-state index contributed by atoms with van der Waals surface area (Å²) in [5.74, 6) is -1.10. The van der Waals surface area contributed by atoms with Gasteiger partial charge in [-0.15, -0.1) is 0 Å². The molecular formula is C16H19N3O3. The van der Waals surface area contributed by atoms with Crippen LogP contribution in [0.3, 0.4) is 0 Å². The number of aromatic nitrogens is 2. The number of carbonyl (C=O) groups is 2. The van der Waals surface area contributed by atoms with Crippen molar-refractivity contribution in [3.8, 4) is 0 Å². The molecule has 1 amide bonds. The minimum Gasteiger partial charge on any atom is -0.481 e. The Morgan fingerprint density at radius 2 is 2.05 bits per heavy atom. The summed E-state index contributed by atoms with van der Waals surface area (Å²) < 4.78 is 1.46. The van der Waals surface area contributed by atoms with Crippen LogP contribution in [0, 0.1) is 0 Å². The van der Waals surface area contributed by atoms with Gasteiger partial charge in [-0.3, -0.25) is 14.3 Å². The predicted octanol–water partition coefficient (Wildman–Crippen LogP) is 2.24. The van der Waals surface area contributed by atoms with E-state index in [9.17, 15) is 9.59 Å². The molecule has 0 bridgehead atoms. The number of hydrogen-bond donors (Lipinski definition) is 2. The first-order chi connectivity index (χ1) is 10.6. The molecule has 2 N–H and O–H groups in total. The van der Waals surface area contributed by atoms with E-state index in [0.717, 1.165) is 12.0 Å². The summed E-state index contributed by atoms with van der Waals surface area (Å²) in [4.78, 5) is 22.8. The van der Waals surface area contributed by atoms with Crippen molar-refractivity contribution in [2.75, 3.05) is 0 Å². The highest BCUT2D eigenvalue weighted by atomic mass is 16.4. The van der Waals surface area contributed by atoms with Crippen LogP contribution in [-0.4, -0.2) is 26.8 Å². The van der Waals surface area contributed by atoms with Gasteiger partial charge < -0.3 is 10.4 Å². The standard InChI is InChI=1S/C16H19N3O3/c1-2-14(12-6-4-3-5-7-12)18-16(22)13-10-17-19(11-13)9-8-15(20)21/h3-7,10-11,14H,2,8-9H2,1H3,(H,18,22)(H,20,21). The van der Waals surface area contributed by atoms with E-state index >= 15 is 0 Å². The lowest BCUT2D eigenvalue weighted by atomic mass is 10.0. The topological polar surface area (TPSA) is 84.2 Å². The van der Waals surface area contributed by atoms with Crippen molar-refractivity contribution in [2.45, 2.75) is 32.4 Å². The third kappa shape index (κ3) is 4.18. The molecule has 0 aliphatic carbocycles. The molecule has 116 valence electrons. The molecule has 6 nitrogen and oxygen atoms in total. The van der Waals surface area contributed by atoms with Crippen molar-refractivity contribution in [2.24, 2.45) is 0 Å². The quantitative estimate of drug-likeness (QED) is 0.821. The smallest absolute Gasteiger partial charge is 0.305 e. The summed E-state index contributed by atoms with van der Waals surface area (Å²) in [6.07, 6.45) is 3.78. The number of carbonyl (C=O) groups excluding carboxylic acids is 1. The van der Waals surface area contributed by atoms with Crippen molar-refractivity contribution < 1.29 is 14.7 Å². The number of carboxylic acid groups (broad SMARTS) is 1. The van der Waals surface area contributed by atoms with Gasteiger partial charge in [0.15, 0.2) is 0 Å². The maximum absolute atomic E-state index is 12.3. The second-order valence-electron chi connectivity index (χ2n) is 4.98. The Balaban J connectivity index is 2.00. The monoisotopic (exact) mass is 301 g/mol. The minimum absolute atomic E-state index is 0.0235. The van der Waals surface area contributed by atoms with Crippen LogP contribution in [0.1, 0.15) is 41.7 Å². The summed E-state index contributed by atoms with van der Waals surface area (Å²) in [6, 6.07) is 9.71. The van der Waals surface area contributed by atoms with Gasteiger partial charge in [0.2, 0.25) is 0 Å². The molecule has 0 spiro atoms. The van der Waals surface area contributed by atoms with Crippen LogP contribution in [-0.2, 0) is 11.3 Å². The van der Waals surface area contributed by atoms with Crippen LogP contribution in [0.4, 0.5) is 0 Å². The van der Waals surface area contributed by atoms with Gasteiger partial charge in [0.05, 0.1) is 30.8 Å². The highest BCUT2D eigenvalue weighted by molar-refractivity contribution is 5.93. The van der Waals surface area contributed by atoms with Crippen LogP contribution in [0.2, 0.25) is 0 Å². The Labute approximate surface area is 128 Å². The van der Waals surface area contributed by atoms with Crippen molar-refractivity contribution >= 4 is 11.9 Å². The molecule has 1 aromatic heterocycles. The van der Waals surface area contributed by atoms with Gasteiger partial charge in [0.25, 0.3) is 5.91 Å². The maximum Gasteiger partial charge on any atom is 0.305 e. The number of aryl methyl sites for hydroxylation is 1. The van der Waals surface area contributed by atoms with Crippen LogP contribution >= 0.6 is 0 Å². The molecule has 1 atom stereocenters. The molecule has 0 saturated carbocycles. The third-order valence-corrected chi connectivity index (χ3v) is 3.37. The zero-order valence-electron chi connectivity index (χ0n) is 12.4. The van der Waals surface area contributed by atoms with Crippen molar-refractivity contribution in [1.29, 1.82) is 0 Å². The molecule has 2 rings (SSSR count). The molecule has 1 unspecified atom stereocenters. The molecule has 0 saturated heterocycles. The first-order valence-corrected chi connectivity index (χ1v) is 7.20. The van der Waals surface area contributed by atoms with Crippen molar-refractivity contribution in [3.05, 3.63) is 53.9 Å². The Bertz CT molecular complexity index is 637. The van der Waals surface area contributed by atoms with E-state index in [1.54, 1.807) is 6.20 Å². The molecule has 0 aliphatic heterocycles. The second kappa shape index (κ2) is 7.40. The van der Waals surface area contributed by atoms with Gasteiger partial charge in [0.1, 0.15) is 0 Å². The van der Waals surface area contributed by atoms with E-state index < -0.39 is 5.97 Å². The molecule has 0 radical (unpaired) electrons. The zero-order valence-corrected chi connectivity index (χ0v) is 12.4. The normalized spacial score (nSPS) is 11.9. The van der Waals surface area contributed by atoms with E-state index in [0.29, 0.717) is 5.56 Å². The number of aliphatic carboxylic acids is 1. The van der Waals surface area contributed by atoms with E-state index in [2.05, 4.69) is 10.4 Å². The minimum atomic E-state index is -0.892. The molecule has 22 heavy (non-hydrogen) atoms. The summed E-state index contributed by atoms with van der Waals surface area (Å²) in [7, 11) is 0. The molecule has 1 aromatic carbocycles. The summed E-state index contributed by atoms with van der Waals surface area (Å²) in [5, 5.41) is 15.6. The van der Waals surface area contributed by atoms with Gasteiger partial charge >= 0.3 is 5.97 Å². The van der Waals surface area contributed by atoms with Gasteiger partial charge in [0, 0.05) is 6.20 Å². The lowest BCUT2D eigenvalue weighted by molar-refractivity contribution is -0.137. The Morgan fingerprint density at radius 3 is 2.68 bits per heavy atom. The summed E-state index contributed by atoms with van der Waals surface area (Å²) in [6.45, 7) is 2.26. The molecule has 6 heteroatoms. The fourth-order valence-corrected chi connectivity index (χ4v) is 2.16. The molecule has 2 aromatic rings. The van der Waals surface area contributed by atoms with E-state index in [4.69, 9.17) is 5.11 Å². The maximum atomic E-state index is 12.3. The average Bonchev–Trinajstić information content (AvgIpc) is 3.00. The second-order valence-corrected chi connectivity index (χ2v) is 4.98. The largest absolute Gasteiger partial charge is 0.481 e. The number of rotatable bonds is 7. The highest BCUT2D eigenvalue weighted by Gasteiger charge is 2.15. The van der Waals surface area contributed by atoms with E-state index in [-0.39, 0.29) is 24.9 Å². The number of benzene rings is 1.